The summed E-state index contributed by atoms with van der Waals surface area (Å²) in [7, 11) is 2.22. The van der Waals surface area contributed by atoms with Crippen LogP contribution in [0, 0.1) is 11.8 Å². The minimum atomic E-state index is -0.748. The van der Waals surface area contributed by atoms with Gasteiger partial charge in [0.25, 0.3) is 0 Å². The number of nitrogens with zero attached hydrogens (tertiary/aromatic N) is 1. The van der Waals surface area contributed by atoms with E-state index in [4.69, 9.17) is 11.5 Å². The average Bonchev–Trinajstić information content (AvgIpc) is 2.79. The molecule has 2 rings (SSSR count). The van der Waals surface area contributed by atoms with Gasteiger partial charge in [0.15, 0.2) is 0 Å². The highest BCUT2D eigenvalue weighted by Gasteiger charge is 2.44. The molecule has 4 nitrogen and oxygen atoms in total. The van der Waals surface area contributed by atoms with E-state index in [0.29, 0.717) is 6.04 Å². The molecule has 1 amide bonds. The molecule has 116 valence electrons. The van der Waals surface area contributed by atoms with E-state index < -0.39 is 5.54 Å². The molecule has 2 aliphatic carbocycles. The molecule has 20 heavy (non-hydrogen) atoms. The van der Waals surface area contributed by atoms with Crippen LogP contribution in [0.2, 0.25) is 0 Å². The van der Waals surface area contributed by atoms with E-state index in [1.807, 2.05) is 0 Å². The Labute approximate surface area is 123 Å². The van der Waals surface area contributed by atoms with Gasteiger partial charge >= 0.3 is 0 Å². The van der Waals surface area contributed by atoms with Gasteiger partial charge in [-0.25, -0.2) is 0 Å². The lowest BCUT2D eigenvalue weighted by Crippen LogP contribution is -2.55. The zero-order chi connectivity index (χ0) is 14.8. The lowest BCUT2D eigenvalue weighted by atomic mass is 9.84. The molecule has 0 aromatic rings. The Hall–Kier alpha value is -0.610. The van der Waals surface area contributed by atoms with Crippen LogP contribution in [0.15, 0.2) is 0 Å². The van der Waals surface area contributed by atoms with Gasteiger partial charge in [-0.2, -0.15) is 0 Å². The van der Waals surface area contributed by atoms with Gasteiger partial charge in [0.05, 0.1) is 5.54 Å². The van der Waals surface area contributed by atoms with Crippen LogP contribution in [0.1, 0.15) is 58.3 Å². The standard InChI is InChI=1S/C16H31N3O/c1-12-5-7-14(8-6-12)19(2)11-9-13-4-3-10-16(13,18)15(17)20/h12-14H,3-11,18H2,1-2H3,(H2,17,20). The van der Waals surface area contributed by atoms with Crippen LogP contribution in [0.25, 0.3) is 0 Å². The molecular weight excluding hydrogens is 250 g/mol. The molecule has 0 radical (unpaired) electrons. The quantitative estimate of drug-likeness (QED) is 0.808. The number of carbonyl (C=O) groups is 1. The number of amides is 1. The second kappa shape index (κ2) is 6.44. The number of nitrogens with two attached hydrogens (primary N) is 2. The third kappa shape index (κ3) is 3.34. The first-order valence-electron chi connectivity index (χ1n) is 8.22. The smallest absolute Gasteiger partial charge is 0.237 e. The van der Waals surface area contributed by atoms with Crippen LogP contribution >= 0.6 is 0 Å². The second-order valence-electron chi connectivity index (χ2n) is 7.18. The maximum atomic E-state index is 11.6. The Balaban J connectivity index is 1.81. The Kier molecular flexibility index (Phi) is 5.08. The summed E-state index contributed by atoms with van der Waals surface area (Å²) in [6.45, 7) is 3.39. The van der Waals surface area contributed by atoms with Crippen molar-refractivity contribution in [2.24, 2.45) is 23.3 Å². The first-order valence-corrected chi connectivity index (χ1v) is 8.22. The maximum Gasteiger partial charge on any atom is 0.237 e. The summed E-state index contributed by atoms with van der Waals surface area (Å²) in [6.07, 6.45) is 9.17. The van der Waals surface area contributed by atoms with Crippen LogP contribution in [-0.2, 0) is 4.79 Å². The molecule has 0 aromatic carbocycles. The number of hydrogen-bond donors (Lipinski definition) is 2. The van der Waals surface area contributed by atoms with Gasteiger partial charge in [-0.05, 0) is 70.4 Å². The first kappa shape index (κ1) is 15.8. The van der Waals surface area contributed by atoms with Crippen molar-refractivity contribution in [1.29, 1.82) is 0 Å². The third-order valence-electron chi connectivity index (χ3n) is 5.77. The fourth-order valence-corrected chi connectivity index (χ4v) is 4.05. The van der Waals surface area contributed by atoms with Crippen molar-refractivity contribution in [3.8, 4) is 0 Å². The van der Waals surface area contributed by atoms with E-state index in [1.54, 1.807) is 0 Å². The SMILES string of the molecule is CC1CCC(N(C)CCC2CCCC2(N)C(N)=O)CC1. The summed E-state index contributed by atoms with van der Waals surface area (Å²) in [5.74, 6) is 0.847. The van der Waals surface area contributed by atoms with Crippen molar-refractivity contribution in [3.05, 3.63) is 0 Å². The number of primary amides is 1. The van der Waals surface area contributed by atoms with Crippen molar-refractivity contribution in [1.82, 2.24) is 4.90 Å². The van der Waals surface area contributed by atoms with E-state index >= 15 is 0 Å². The molecule has 2 aliphatic rings. The number of rotatable bonds is 5. The van der Waals surface area contributed by atoms with Crippen molar-refractivity contribution in [2.45, 2.75) is 69.9 Å². The first-order chi connectivity index (χ1) is 9.43. The van der Waals surface area contributed by atoms with Gasteiger partial charge in [0.2, 0.25) is 5.91 Å². The van der Waals surface area contributed by atoms with E-state index in [0.717, 1.165) is 38.1 Å². The molecule has 0 aliphatic heterocycles. The summed E-state index contributed by atoms with van der Waals surface area (Å²) >= 11 is 0. The Morgan fingerprint density at radius 2 is 1.90 bits per heavy atom. The van der Waals surface area contributed by atoms with Crippen molar-refractivity contribution in [2.75, 3.05) is 13.6 Å². The van der Waals surface area contributed by atoms with Crippen LogP contribution < -0.4 is 11.5 Å². The normalized spacial score (nSPS) is 38.3. The van der Waals surface area contributed by atoms with E-state index in [9.17, 15) is 4.79 Å². The fraction of sp³-hybridized carbons (Fsp3) is 0.938. The van der Waals surface area contributed by atoms with Crippen LogP contribution in [-0.4, -0.2) is 36.0 Å². The summed E-state index contributed by atoms with van der Waals surface area (Å²) in [4.78, 5) is 14.1. The van der Waals surface area contributed by atoms with Gasteiger partial charge in [-0.1, -0.05) is 13.3 Å². The molecule has 2 fully saturated rings. The Bertz CT molecular complexity index is 339. The monoisotopic (exact) mass is 281 g/mol. The summed E-state index contributed by atoms with van der Waals surface area (Å²) < 4.78 is 0. The Morgan fingerprint density at radius 3 is 2.50 bits per heavy atom. The van der Waals surface area contributed by atoms with Gasteiger partial charge < -0.3 is 16.4 Å². The zero-order valence-corrected chi connectivity index (χ0v) is 13.1. The molecule has 2 saturated carbocycles. The van der Waals surface area contributed by atoms with Gasteiger partial charge in [-0.3, -0.25) is 4.79 Å². The molecule has 2 unspecified atom stereocenters. The van der Waals surface area contributed by atoms with Crippen molar-refractivity contribution in [3.63, 3.8) is 0 Å². The summed E-state index contributed by atoms with van der Waals surface area (Å²) in [5.41, 5.74) is 11.0. The minimum Gasteiger partial charge on any atom is -0.368 e. The van der Waals surface area contributed by atoms with E-state index in [-0.39, 0.29) is 11.8 Å². The molecule has 4 heteroatoms. The Morgan fingerprint density at radius 1 is 1.25 bits per heavy atom. The zero-order valence-electron chi connectivity index (χ0n) is 13.1. The van der Waals surface area contributed by atoms with E-state index in [2.05, 4.69) is 18.9 Å². The molecule has 4 N–H and O–H groups in total. The maximum absolute atomic E-state index is 11.6. The highest BCUT2D eigenvalue weighted by molar-refractivity contribution is 5.85. The molecule has 0 bridgehead atoms. The number of carbonyl (C=O) groups excluding carboxylic acids is 1. The molecular formula is C16H31N3O. The van der Waals surface area contributed by atoms with E-state index in [1.165, 1.54) is 25.7 Å². The summed E-state index contributed by atoms with van der Waals surface area (Å²) in [5, 5.41) is 0. The fourth-order valence-electron chi connectivity index (χ4n) is 4.05. The average molecular weight is 281 g/mol. The molecule has 0 aromatic heterocycles. The lowest BCUT2D eigenvalue weighted by molar-refractivity contribution is -0.124. The van der Waals surface area contributed by atoms with Crippen LogP contribution in [0.4, 0.5) is 0 Å². The lowest BCUT2D eigenvalue weighted by Gasteiger charge is -2.35. The number of hydrogen-bond acceptors (Lipinski definition) is 3. The second-order valence-corrected chi connectivity index (χ2v) is 7.18. The van der Waals surface area contributed by atoms with Crippen molar-refractivity contribution < 1.29 is 4.79 Å². The highest BCUT2D eigenvalue weighted by Crippen LogP contribution is 2.36. The van der Waals surface area contributed by atoms with Gasteiger partial charge in [0.1, 0.15) is 0 Å². The molecule has 0 saturated heterocycles. The molecule has 0 heterocycles. The van der Waals surface area contributed by atoms with Gasteiger partial charge in [-0.15, -0.1) is 0 Å². The van der Waals surface area contributed by atoms with Crippen LogP contribution in [0.5, 0.6) is 0 Å². The largest absolute Gasteiger partial charge is 0.368 e. The van der Waals surface area contributed by atoms with Gasteiger partial charge in [0, 0.05) is 6.04 Å². The molecule has 0 spiro atoms. The predicted octanol–water partition coefficient (Wildman–Crippen LogP) is 1.87. The third-order valence-corrected chi connectivity index (χ3v) is 5.77. The molecule has 2 atom stereocenters. The summed E-state index contributed by atoms with van der Waals surface area (Å²) in [6, 6.07) is 0.716. The van der Waals surface area contributed by atoms with Crippen molar-refractivity contribution >= 4 is 5.91 Å². The topological polar surface area (TPSA) is 72.3 Å². The minimum absolute atomic E-state index is 0.268. The predicted molar refractivity (Wildman–Crippen MR) is 82.1 cm³/mol. The highest BCUT2D eigenvalue weighted by atomic mass is 16.1. The van der Waals surface area contributed by atoms with Crippen LogP contribution in [0.3, 0.4) is 0 Å².